The van der Waals surface area contributed by atoms with Gasteiger partial charge in [-0.15, -0.1) is 0 Å². The molecule has 1 aliphatic rings. The Labute approximate surface area is 149 Å². The van der Waals surface area contributed by atoms with E-state index in [9.17, 15) is 13.2 Å². The van der Waals surface area contributed by atoms with Crippen molar-refractivity contribution in [3.05, 3.63) is 29.8 Å². The van der Waals surface area contributed by atoms with Gasteiger partial charge in [0.05, 0.1) is 11.9 Å². The van der Waals surface area contributed by atoms with Crippen molar-refractivity contribution in [1.29, 1.82) is 0 Å². The summed E-state index contributed by atoms with van der Waals surface area (Å²) in [5, 5.41) is 2.81. The molecule has 1 unspecified atom stereocenters. The number of benzene rings is 1. The zero-order valence-electron chi connectivity index (χ0n) is 14.7. The van der Waals surface area contributed by atoms with Gasteiger partial charge in [0, 0.05) is 26.2 Å². The van der Waals surface area contributed by atoms with Crippen LogP contribution in [-0.2, 0) is 21.4 Å². The fourth-order valence-electron chi connectivity index (χ4n) is 2.64. The van der Waals surface area contributed by atoms with E-state index in [0.717, 1.165) is 25.0 Å². The third kappa shape index (κ3) is 6.21. The summed E-state index contributed by atoms with van der Waals surface area (Å²) < 4.78 is 33.9. The topological polar surface area (TPSA) is 84.9 Å². The van der Waals surface area contributed by atoms with Gasteiger partial charge in [0.15, 0.2) is 0 Å². The molecule has 1 aromatic carbocycles. The molecule has 0 saturated carbocycles. The molecule has 0 spiro atoms. The molecular formula is C17H26N2O5S. The second-order valence-corrected chi connectivity index (χ2v) is 7.79. The Kier molecular flexibility index (Phi) is 7.07. The highest BCUT2D eigenvalue weighted by Crippen LogP contribution is 2.19. The highest BCUT2D eigenvalue weighted by molar-refractivity contribution is 7.87. The molecule has 0 aliphatic carbocycles. The van der Waals surface area contributed by atoms with Crippen molar-refractivity contribution >= 4 is 16.1 Å². The summed E-state index contributed by atoms with van der Waals surface area (Å²) in [5.41, 5.74) is 0.799. The van der Waals surface area contributed by atoms with Gasteiger partial charge >= 0.3 is 16.1 Å². The minimum Gasteiger partial charge on any atom is -0.382 e. The maximum Gasteiger partial charge on any atom is 0.317 e. The molecule has 8 heteroatoms. The second-order valence-electron chi connectivity index (χ2n) is 5.93. The van der Waals surface area contributed by atoms with Crippen LogP contribution in [0, 0.1) is 0 Å². The summed E-state index contributed by atoms with van der Waals surface area (Å²) in [5.74, 6) is 0.161. The van der Waals surface area contributed by atoms with Gasteiger partial charge in [-0.2, -0.15) is 8.42 Å². The minimum atomic E-state index is -3.57. The first-order chi connectivity index (χ1) is 11.9. The molecular weight excluding hydrogens is 344 g/mol. The van der Waals surface area contributed by atoms with Crippen LogP contribution in [0.25, 0.3) is 0 Å². The Hall–Kier alpha value is -1.80. The van der Waals surface area contributed by atoms with Crippen LogP contribution < -0.4 is 9.50 Å². The third-order valence-corrected chi connectivity index (χ3v) is 5.07. The van der Waals surface area contributed by atoms with E-state index < -0.39 is 10.1 Å². The number of hydrogen-bond donors (Lipinski definition) is 1. The maximum absolute atomic E-state index is 12.3. The van der Waals surface area contributed by atoms with Gasteiger partial charge in [-0.1, -0.05) is 12.1 Å². The van der Waals surface area contributed by atoms with Crippen LogP contribution >= 0.6 is 0 Å². The molecule has 2 amide bonds. The fourth-order valence-corrected chi connectivity index (χ4v) is 3.15. The quantitative estimate of drug-likeness (QED) is 0.709. The number of ether oxygens (including phenoxy) is 1. The molecule has 1 N–H and O–H groups in total. The van der Waals surface area contributed by atoms with Crippen LogP contribution in [0.2, 0.25) is 0 Å². The van der Waals surface area contributed by atoms with Crippen molar-refractivity contribution in [1.82, 2.24) is 10.2 Å². The predicted molar refractivity (Wildman–Crippen MR) is 95.0 cm³/mol. The fraction of sp³-hybridized carbons (Fsp3) is 0.588. The number of carbonyl (C=O) groups is 1. The lowest BCUT2D eigenvalue weighted by molar-refractivity contribution is 0.0796. The van der Waals surface area contributed by atoms with Crippen LogP contribution in [0.3, 0.4) is 0 Å². The zero-order valence-corrected chi connectivity index (χ0v) is 15.5. The number of nitrogens with one attached hydrogen (secondary N) is 1. The van der Waals surface area contributed by atoms with Crippen molar-refractivity contribution in [3.8, 4) is 5.75 Å². The van der Waals surface area contributed by atoms with Gasteiger partial charge in [0.1, 0.15) is 5.75 Å². The van der Waals surface area contributed by atoms with E-state index in [1.807, 2.05) is 13.0 Å². The summed E-state index contributed by atoms with van der Waals surface area (Å²) in [6.45, 7) is 5.52. The first-order valence-corrected chi connectivity index (χ1v) is 10.2. The van der Waals surface area contributed by atoms with Crippen LogP contribution in [0.15, 0.2) is 24.3 Å². The monoisotopic (exact) mass is 370 g/mol. The molecule has 7 nitrogen and oxygen atoms in total. The van der Waals surface area contributed by atoms with Crippen molar-refractivity contribution in [2.24, 2.45) is 0 Å². The lowest BCUT2D eigenvalue weighted by Gasteiger charge is -2.25. The lowest BCUT2D eigenvalue weighted by Crippen LogP contribution is -2.43. The first-order valence-electron chi connectivity index (χ1n) is 8.59. The molecule has 1 atom stereocenters. The molecule has 1 aromatic rings. The highest BCUT2D eigenvalue weighted by Gasteiger charge is 2.22. The lowest BCUT2D eigenvalue weighted by atomic mass is 10.2. The molecule has 25 heavy (non-hydrogen) atoms. The SMILES string of the molecule is CCNC(=O)N(Cc1cccc(OS(=O)(=O)CC)c1)CC1CCCO1. The molecule has 0 aromatic heterocycles. The molecule has 0 radical (unpaired) electrons. The number of urea groups is 1. The van der Waals surface area contributed by atoms with Crippen LogP contribution in [0.1, 0.15) is 32.3 Å². The van der Waals surface area contributed by atoms with Gasteiger partial charge in [-0.25, -0.2) is 4.79 Å². The van der Waals surface area contributed by atoms with Gasteiger partial charge in [0.2, 0.25) is 0 Å². The number of nitrogens with zero attached hydrogens (tertiary/aromatic N) is 1. The maximum atomic E-state index is 12.3. The number of carbonyl (C=O) groups excluding carboxylic acids is 1. The molecule has 1 fully saturated rings. The third-order valence-electron chi connectivity index (χ3n) is 3.91. The van der Waals surface area contributed by atoms with Crippen molar-refractivity contribution < 1.29 is 22.1 Å². The summed E-state index contributed by atoms with van der Waals surface area (Å²) in [6.07, 6.45) is 1.99. The number of amides is 2. The Bertz CT molecular complexity index is 671. The van der Waals surface area contributed by atoms with E-state index in [-0.39, 0.29) is 23.6 Å². The molecule has 1 aliphatic heterocycles. The van der Waals surface area contributed by atoms with Gasteiger partial charge in [0.25, 0.3) is 0 Å². The smallest absolute Gasteiger partial charge is 0.317 e. The standard InChI is InChI=1S/C17H26N2O5S/c1-3-18-17(20)19(13-16-9-6-10-23-16)12-14-7-5-8-15(11-14)24-25(21,22)4-2/h5,7-8,11,16H,3-4,6,9-10,12-13H2,1-2H3,(H,18,20). The van der Waals surface area contributed by atoms with Gasteiger partial charge in [-0.05, 0) is 44.4 Å². The van der Waals surface area contributed by atoms with Crippen LogP contribution in [0.4, 0.5) is 4.79 Å². The average molecular weight is 370 g/mol. The van der Waals surface area contributed by atoms with Crippen molar-refractivity contribution in [2.75, 3.05) is 25.4 Å². The molecule has 0 bridgehead atoms. The van der Waals surface area contributed by atoms with E-state index in [1.165, 1.54) is 6.92 Å². The van der Waals surface area contributed by atoms with Gasteiger partial charge < -0.3 is 19.1 Å². The van der Waals surface area contributed by atoms with Crippen LogP contribution in [-0.4, -0.2) is 50.9 Å². The van der Waals surface area contributed by atoms with E-state index in [0.29, 0.717) is 19.6 Å². The summed E-state index contributed by atoms with van der Waals surface area (Å²) in [4.78, 5) is 14.0. The Morgan fingerprint density at radius 1 is 1.40 bits per heavy atom. The predicted octanol–water partition coefficient (Wildman–Crippen LogP) is 2.13. The highest BCUT2D eigenvalue weighted by atomic mass is 32.2. The number of rotatable bonds is 8. The Morgan fingerprint density at radius 2 is 2.20 bits per heavy atom. The van der Waals surface area contributed by atoms with E-state index in [4.69, 9.17) is 8.92 Å². The molecule has 1 heterocycles. The van der Waals surface area contributed by atoms with E-state index in [1.54, 1.807) is 23.1 Å². The summed E-state index contributed by atoms with van der Waals surface area (Å²) in [6, 6.07) is 6.64. The van der Waals surface area contributed by atoms with E-state index in [2.05, 4.69) is 5.32 Å². The summed E-state index contributed by atoms with van der Waals surface area (Å²) >= 11 is 0. The number of hydrogen-bond acceptors (Lipinski definition) is 5. The summed E-state index contributed by atoms with van der Waals surface area (Å²) in [7, 11) is -3.57. The van der Waals surface area contributed by atoms with Crippen molar-refractivity contribution in [3.63, 3.8) is 0 Å². The van der Waals surface area contributed by atoms with Crippen LogP contribution in [0.5, 0.6) is 5.75 Å². The normalized spacial score (nSPS) is 17.3. The average Bonchev–Trinajstić information content (AvgIpc) is 3.07. The van der Waals surface area contributed by atoms with Gasteiger partial charge in [-0.3, -0.25) is 0 Å². The second kappa shape index (κ2) is 9.05. The Balaban J connectivity index is 2.09. The molecule has 1 saturated heterocycles. The Morgan fingerprint density at radius 3 is 2.84 bits per heavy atom. The van der Waals surface area contributed by atoms with Crippen molar-refractivity contribution in [2.45, 2.75) is 39.3 Å². The molecule has 2 rings (SSSR count). The van der Waals surface area contributed by atoms with E-state index >= 15 is 0 Å². The minimum absolute atomic E-state index is 0.0440. The largest absolute Gasteiger partial charge is 0.382 e. The molecule has 140 valence electrons. The first kappa shape index (κ1) is 19.5. The zero-order chi connectivity index (χ0) is 18.3.